The number of sulfonamides is 1. The molecule has 0 unspecified atom stereocenters. The van der Waals surface area contributed by atoms with Crippen LogP contribution in [0.25, 0.3) is 0 Å². The highest BCUT2D eigenvalue weighted by molar-refractivity contribution is 7.92. The number of amides is 2. The average molecular weight is 423 g/mol. The first-order valence-corrected chi connectivity index (χ1v) is 10.5. The zero-order valence-electron chi connectivity index (χ0n) is 16.5. The second-order valence-electron chi connectivity index (χ2n) is 6.65. The molecule has 3 aromatic carbocycles. The van der Waals surface area contributed by atoms with Crippen molar-refractivity contribution in [3.63, 3.8) is 0 Å². The third-order valence-corrected chi connectivity index (χ3v) is 6.44. The molecule has 3 N–H and O–H groups in total. The Kier molecular flexibility index (Phi) is 5.89. The van der Waals surface area contributed by atoms with Gasteiger partial charge in [-0.05, 0) is 48.9 Å². The number of carbonyl (C=O) groups excluding carboxylic acids is 2. The molecule has 0 heterocycles. The second kappa shape index (κ2) is 8.38. The molecule has 0 radical (unpaired) electrons. The minimum atomic E-state index is -3.79. The van der Waals surface area contributed by atoms with Crippen molar-refractivity contribution in [3.8, 4) is 0 Å². The Morgan fingerprint density at radius 1 is 0.933 bits per heavy atom. The molecule has 0 fully saturated rings. The van der Waals surface area contributed by atoms with E-state index in [9.17, 15) is 18.0 Å². The van der Waals surface area contributed by atoms with Crippen LogP contribution < -0.4 is 15.4 Å². The van der Waals surface area contributed by atoms with E-state index in [-0.39, 0.29) is 21.7 Å². The number of hydrogen-bond donors (Lipinski definition) is 2. The average Bonchev–Trinajstić information content (AvgIpc) is 2.74. The van der Waals surface area contributed by atoms with Crippen molar-refractivity contribution in [3.05, 3.63) is 89.5 Å². The van der Waals surface area contributed by atoms with Crippen LogP contribution in [0.5, 0.6) is 0 Å². The van der Waals surface area contributed by atoms with E-state index in [2.05, 4.69) is 5.32 Å². The molecule has 0 bridgehead atoms. The minimum absolute atomic E-state index is 0.150. The molecular weight excluding hydrogens is 402 g/mol. The number of carbonyl (C=O) groups is 2. The summed E-state index contributed by atoms with van der Waals surface area (Å²) in [6.07, 6.45) is 0. The van der Waals surface area contributed by atoms with Crippen LogP contribution in [0.1, 0.15) is 26.3 Å². The van der Waals surface area contributed by atoms with Crippen molar-refractivity contribution in [1.29, 1.82) is 0 Å². The van der Waals surface area contributed by atoms with E-state index in [1.54, 1.807) is 55.5 Å². The molecule has 0 aliphatic rings. The number of benzene rings is 3. The predicted octanol–water partition coefficient (Wildman–Crippen LogP) is 3.17. The lowest BCUT2D eigenvalue weighted by Crippen LogP contribution is -2.27. The summed E-state index contributed by atoms with van der Waals surface area (Å²) in [5, 5.41) is 2.66. The largest absolute Gasteiger partial charge is 0.366 e. The van der Waals surface area contributed by atoms with Gasteiger partial charge in [0.2, 0.25) is 0 Å². The monoisotopic (exact) mass is 423 g/mol. The molecule has 30 heavy (non-hydrogen) atoms. The highest BCUT2D eigenvalue weighted by Gasteiger charge is 2.23. The van der Waals surface area contributed by atoms with Gasteiger partial charge in [-0.15, -0.1) is 0 Å². The number of rotatable bonds is 6. The number of nitrogens with two attached hydrogens (primary N) is 1. The van der Waals surface area contributed by atoms with Gasteiger partial charge in [0.1, 0.15) is 0 Å². The van der Waals surface area contributed by atoms with Gasteiger partial charge < -0.3 is 11.1 Å². The molecule has 2 amide bonds. The maximum Gasteiger partial charge on any atom is 0.264 e. The summed E-state index contributed by atoms with van der Waals surface area (Å²) in [7, 11) is -2.35. The first-order chi connectivity index (χ1) is 14.2. The van der Waals surface area contributed by atoms with Crippen LogP contribution in [-0.4, -0.2) is 27.3 Å². The molecule has 0 aliphatic heterocycles. The van der Waals surface area contributed by atoms with E-state index in [1.165, 1.54) is 31.3 Å². The fourth-order valence-electron chi connectivity index (χ4n) is 2.97. The number of hydrogen-bond acceptors (Lipinski definition) is 4. The van der Waals surface area contributed by atoms with Crippen LogP contribution >= 0.6 is 0 Å². The number of primary amides is 1. The number of aryl methyl sites for hydroxylation is 1. The topological polar surface area (TPSA) is 110 Å². The molecule has 0 spiro atoms. The van der Waals surface area contributed by atoms with Crippen molar-refractivity contribution in [2.45, 2.75) is 11.8 Å². The molecule has 0 aliphatic carbocycles. The van der Waals surface area contributed by atoms with Gasteiger partial charge in [0.05, 0.1) is 21.8 Å². The Labute approximate surface area is 175 Å². The molecule has 0 saturated carbocycles. The summed E-state index contributed by atoms with van der Waals surface area (Å²) in [4.78, 5) is 24.5. The molecule has 8 heteroatoms. The molecule has 3 rings (SSSR count). The molecule has 3 aromatic rings. The van der Waals surface area contributed by atoms with Gasteiger partial charge in [-0.1, -0.05) is 36.4 Å². The highest BCUT2D eigenvalue weighted by Crippen LogP contribution is 2.27. The van der Waals surface area contributed by atoms with E-state index >= 15 is 0 Å². The van der Waals surface area contributed by atoms with Gasteiger partial charge in [0.15, 0.2) is 0 Å². The van der Waals surface area contributed by atoms with Crippen molar-refractivity contribution in [2.75, 3.05) is 16.7 Å². The zero-order chi connectivity index (χ0) is 21.9. The second-order valence-corrected chi connectivity index (χ2v) is 8.62. The Morgan fingerprint density at radius 2 is 1.57 bits per heavy atom. The predicted molar refractivity (Wildman–Crippen MR) is 116 cm³/mol. The van der Waals surface area contributed by atoms with Crippen molar-refractivity contribution in [2.24, 2.45) is 5.73 Å². The van der Waals surface area contributed by atoms with Crippen molar-refractivity contribution < 1.29 is 18.0 Å². The van der Waals surface area contributed by atoms with Crippen molar-refractivity contribution >= 4 is 33.2 Å². The van der Waals surface area contributed by atoms with Crippen LogP contribution in [0.15, 0.2) is 77.7 Å². The van der Waals surface area contributed by atoms with Crippen LogP contribution in [0.4, 0.5) is 11.4 Å². The molecule has 154 valence electrons. The number of para-hydroxylation sites is 1. The lowest BCUT2D eigenvalue weighted by Gasteiger charge is -2.22. The van der Waals surface area contributed by atoms with Gasteiger partial charge in [0.25, 0.3) is 21.8 Å². The minimum Gasteiger partial charge on any atom is -0.366 e. The summed E-state index contributed by atoms with van der Waals surface area (Å²) in [6, 6.07) is 19.2. The highest BCUT2D eigenvalue weighted by atomic mass is 32.2. The first kappa shape index (κ1) is 21.1. The maximum atomic E-state index is 13.0. The number of nitrogens with one attached hydrogen (secondary N) is 1. The van der Waals surface area contributed by atoms with Gasteiger partial charge in [0, 0.05) is 12.6 Å². The lowest BCUT2D eigenvalue weighted by molar-refractivity contribution is 0.100. The SMILES string of the molecule is Cc1ccc(C(=O)Nc2ccccc2C(N)=O)cc1N(C)S(=O)(=O)c1ccccc1. The van der Waals surface area contributed by atoms with E-state index in [0.29, 0.717) is 11.3 Å². The molecular formula is C22H21N3O4S. The fraction of sp³-hybridized carbons (Fsp3) is 0.0909. The van der Waals surface area contributed by atoms with E-state index in [1.807, 2.05) is 0 Å². The van der Waals surface area contributed by atoms with Crippen molar-refractivity contribution in [1.82, 2.24) is 0 Å². The maximum absolute atomic E-state index is 13.0. The Bertz CT molecular complexity index is 1210. The normalized spacial score (nSPS) is 11.0. The zero-order valence-corrected chi connectivity index (χ0v) is 17.3. The number of anilines is 2. The summed E-state index contributed by atoms with van der Waals surface area (Å²) >= 11 is 0. The summed E-state index contributed by atoms with van der Waals surface area (Å²) in [5.41, 5.74) is 7.11. The van der Waals surface area contributed by atoms with Gasteiger partial charge in [-0.3, -0.25) is 13.9 Å². The fourth-order valence-corrected chi connectivity index (χ4v) is 4.24. The third-order valence-electron chi connectivity index (χ3n) is 4.65. The van der Waals surface area contributed by atoms with E-state index < -0.39 is 21.8 Å². The lowest BCUT2D eigenvalue weighted by atomic mass is 10.1. The third kappa shape index (κ3) is 4.18. The summed E-state index contributed by atoms with van der Waals surface area (Å²) < 4.78 is 27.0. The molecule has 0 saturated heterocycles. The standard InChI is InChI=1S/C22H21N3O4S/c1-15-12-13-16(22(27)24-19-11-7-6-10-18(19)21(23)26)14-20(15)25(2)30(28,29)17-8-4-3-5-9-17/h3-14H,1-2H3,(H2,23,26)(H,24,27). The Balaban J connectivity index is 1.94. The summed E-state index contributed by atoms with van der Waals surface area (Å²) in [6.45, 7) is 1.76. The van der Waals surface area contributed by atoms with Gasteiger partial charge in [-0.2, -0.15) is 0 Å². The van der Waals surface area contributed by atoms with Gasteiger partial charge in [-0.25, -0.2) is 8.42 Å². The Morgan fingerprint density at radius 3 is 2.23 bits per heavy atom. The smallest absolute Gasteiger partial charge is 0.264 e. The molecule has 0 aromatic heterocycles. The van der Waals surface area contributed by atoms with E-state index in [4.69, 9.17) is 5.73 Å². The summed E-state index contributed by atoms with van der Waals surface area (Å²) in [5.74, 6) is -1.15. The van der Waals surface area contributed by atoms with Crippen LogP contribution in [0.3, 0.4) is 0 Å². The van der Waals surface area contributed by atoms with E-state index in [0.717, 1.165) is 4.31 Å². The van der Waals surface area contributed by atoms with Crippen LogP contribution in [-0.2, 0) is 10.0 Å². The first-order valence-electron chi connectivity index (χ1n) is 9.06. The number of nitrogens with zero attached hydrogens (tertiary/aromatic N) is 1. The molecule has 0 atom stereocenters. The quantitative estimate of drug-likeness (QED) is 0.634. The Hall–Kier alpha value is -3.65. The molecule has 7 nitrogen and oxygen atoms in total. The van der Waals surface area contributed by atoms with Gasteiger partial charge >= 0.3 is 0 Å². The van der Waals surface area contributed by atoms with Crippen LogP contribution in [0, 0.1) is 6.92 Å². The van der Waals surface area contributed by atoms with Crippen LogP contribution in [0.2, 0.25) is 0 Å².